The Hall–Kier alpha value is -2.50. The van der Waals surface area contributed by atoms with E-state index >= 15 is 0 Å². The van der Waals surface area contributed by atoms with E-state index in [9.17, 15) is 4.79 Å². The summed E-state index contributed by atoms with van der Waals surface area (Å²) in [6, 6.07) is 3.23. The van der Waals surface area contributed by atoms with E-state index in [1.54, 1.807) is 41.5 Å². The molecule has 2 rings (SSSR count). The number of hydrazone groups is 1. The number of hydrogen-bond donors (Lipinski definition) is 1. The van der Waals surface area contributed by atoms with Crippen molar-refractivity contribution < 1.29 is 4.79 Å². The van der Waals surface area contributed by atoms with Crippen molar-refractivity contribution >= 4 is 12.1 Å². The van der Waals surface area contributed by atoms with E-state index in [2.05, 4.69) is 20.5 Å². The van der Waals surface area contributed by atoms with Gasteiger partial charge in [-0.05, 0) is 12.1 Å². The second kappa shape index (κ2) is 5.02. The van der Waals surface area contributed by atoms with Gasteiger partial charge >= 0.3 is 0 Å². The van der Waals surface area contributed by atoms with Crippen LogP contribution in [0.3, 0.4) is 0 Å². The summed E-state index contributed by atoms with van der Waals surface area (Å²) in [5.41, 5.74) is 2.92. The third-order valence-corrected chi connectivity index (χ3v) is 2.15. The molecule has 0 saturated heterocycles. The van der Waals surface area contributed by atoms with Gasteiger partial charge in [0.15, 0.2) is 5.82 Å². The smallest absolute Gasteiger partial charge is 0.271 e. The summed E-state index contributed by atoms with van der Waals surface area (Å²) in [6.07, 6.45) is 8.05. The summed E-state index contributed by atoms with van der Waals surface area (Å²) >= 11 is 0. The number of carbonyl (C=O) groups excluding carboxylic acids is 1. The molecule has 0 saturated carbocycles. The van der Waals surface area contributed by atoms with Crippen LogP contribution in [0, 0.1) is 0 Å². The van der Waals surface area contributed by atoms with E-state index in [1.807, 2.05) is 7.05 Å². The van der Waals surface area contributed by atoms with Crippen LogP contribution in [0.1, 0.15) is 16.2 Å². The van der Waals surface area contributed by atoms with E-state index in [0.29, 0.717) is 11.4 Å². The average molecular weight is 229 g/mol. The van der Waals surface area contributed by atoms with E-state index in [4.69, 9.17) is 0 Å². The zero-order valence-electron chi connectivity index (χ0n) is 9.24. The highest BCUT2D eigenvalue weighted by Crippen LogP contribution is 1.95. The highest BCUT2D eigenvalue weighted by molar-refractivity contribution is 5.94. The predicted octanol–water partition coefficient (Wildman–Crippen LogP) is 0.579. The Morgan fingerprint density at radius 3 is 2.82 bits per heavy atom. The number of nitrogens with one attached hydrogen (secondary N) is 1. The van der Waals surface area contributed by atoms with Crippen molar-refractivity contribution in [3.63, 3.8) is 0 Å². The second-order valence-corrected chi connectivity index (χ2v) is 3.33. The number of amides is 1. The molecule has 0 aliphatic heterocycles. The average Bonchev–Trinajstić information content (AvgIpc) is 2.76. The van der Waals surface area contributed by atoms with Gasteiger partial charge in [0, 0.05) is 37.4 Å². The Kier molecular flexibility index (Phi) is 3.25. The number of nitrogens with zero attached hydrogens (tertiary/aromatic N) is 4. The Morgan fingerprint density at radius 1 is 1.41 bits per heavy atom. The number of pyridine rings is 1. The van der Waals surface area contributed by atoms with Gasteiger partial charge in [0.1, 0.15) is 0 Å². The minimum absolute atomic E-state index is 0.280. The first-order chi connectivity index (χ1) is 8.27. The lowest BCUT2D eigenvalue weighted by Gasteiger charge is -1.98. The standard InChI is InChI=1S/C11H11N5O/c1-16-7-6-13-10(16)8-14-15-11(17)9-2-4-12-5-3-9/h2-8H,1H3,(H,15,17)/b14-8+. The minimum Gasteiger partial charge on any atom is -0.333 e. The molecular weight excluding hydrogens is 218 g/mol. The number of hydrogen-bond acceptors (Lipinski definition) is 4. The molecule has 17 heavy (non-hydrogen) atoms. The predicted molar refractivity (Wildman–Crippen MR) is 62.5 cm³/mol. The highest BCUT2D eigenvalue weighted by atomic mass is 16.2. The molecule has 86 valence electrons. The molecule has 0 fully saturated rings. The minimum atomic E-state index is -0.280. The molecule has 1 amide bonds. The van der Waals surface area contributed by atoms with Gasteiger partial charge in [-0.3, -0.25) is 9.78 Å². The maximum atomic E-state index is 11.6. The van der Waals surface area contributed by atoms with Gasteiger partial charge < -0.3 is 4.57 Å². The normalized spacial score (nSPS) is 10.6. The van der Waals surface area contributed by atoms with E-state index in [0.717, 1.165) is 0 Å². The van der Waals surface area contributed by atoms with Crippen LogP contribution in [0.5, 0.6) is 0 Å². The lowest BCUT2D eigenvalue weighted by molar-refractivity contribution is 0.0955. The van der Waals surface area contributed by atoms with Crippen molar-refractivity contribution in [2.24, 2.45) is 12.1 Å². The maximum absolute atomic E-state index is 11.6. The first-order valence-electron chi connectivity index (χ1n) is 4.98. The topological polar surface area (TPSA) is 72.2 Å². The summed E-state index contributed by atoms with van der Waals surface area (Å²) < 4.78 is 1.79. The number of carbonyl (C=O) groups is 1. The van der Waals surface area contributed by atoms with Crippen molar-refractivity contribution in [2.75, 3.05) is 0 Å². The lowest BCUT2D eigenvalue weighted by atomic mass is 10.3. The third-order valence-electron chi connectivity index (χ3n) is 2.15. The fraction of sp³-hybridized carbons (Fsp3) is 0.0909. The van der Waals surface area contributed by atoms with Gasteiger partial charge in [0.2, 0.25) is 0 Å². The SMILES string of the molecule is Cn1ccnc1/C=N/NC(=O)c1ccncc1. The van der Waals surface area contributed by atoms with Crippen LogP contribution in [-0.2, 0) is 7.05 Å². The van der Waals surface area contributed by atoms with Crippen LogP contribution in [0.25, 0.3) is 0 Å². The van der Waals surface area contributed by atoms with Crippen molar-refractivity contribution in [3.05, 3.63) is 48.3 Å². The van der Waals surface area contributed by atoms with Crippen LogP contribution < -0.4 is 5.43 Å². The quantitative estimate of drug-likeness (QED) is 0.618. The van der Waals surface area contributed by atoms with E-state index in [1.165, 1.54) is 6.21 Å². The van der Waals surface area contributed by atoms with Gasteiger partial charge in [-0.15, -0.1) is 0 Å². The molecule has 0 bridgehead atoms. The largest absolute Gasteiger partial charge is 0.333 e. The molecule has 0 unspecified atom stereocenters. The van der Waals surface area contributed by atoms with Crippen molar-refractivity contribution in [1.29, 1.82) is 0 Å². The molecule has 0 radical (unpaired) electrons. The molecule has 2 aromatic rings. The summed E-state index contributed by atoms with van der Waals surface area (Å²) in [6.45, 7) is 0. The molecule has 0 spiro atoms. The second-order valence-electron chi connectivity index (χ2n) is 3.33. The zero-order valence-corrected chi connectivity index (χ0v) is 9.24. The highest BCUT2D eigenvalue weighted by Gasteiger charge is 2.02. The fourth-order valence-electron chi connectivity index (χ4n) is 1.22. The third kappa shape index (κ3) is 2.75. The monoisotopic (exact) mass is 229 g/mol. The molecule has 6 nitrogen and oxygen atoms in total. The van der Waals surface area contributed by atoms with Crippen LogP contribution in [0.15, 0.2) is 42.0 Å². The maximum Gasteiger partial charge on any atom is 0.271 e. The summed E-state index contributed by atoms with van der Waals surface area (Å²) in [4.78, 5) is 19.4. The van der Waals surface area contributed by atoms with E-state index in [-0.39, 0.29) is 5.91 Å². The number of aromatic nitrogens is 3. The van der Waals surface area contributed by atoms with Gasteiger partial charge in [-0.1, -0.05) is 0 Å². The van der Waals surface area contributed by atoms with Crippen LogP contribution in [-0.4, -0.2) is 26.7 Å². The molecule has 1 N–H and O–H groups in total. The lowest BCUT2D eigenvalue weighted by Crippen LogP contribution is -2.17. The Balaban J connectivity index is 1.97. The van der Waals surface area contributed by atoms with Crippen LogP contribution in [0.4, 0.5) is 0 Å². The molecule has 6 heteroatoms. The van der Waals surface area contributed by atoms with Crippen molar-refractivity contribution in [3.8, 4) is 0 Å². The van der Waals surface area contributed by atoms with Crippen molar-refractivity contribution in [2.45, 2.75) is 0 Å². The first kappa shape index (κ1) is 11.0. The molecule has 0 aliphatic rings. The summed E-state index contributed by atoms with van der Waals surface area (Å²) in [7, 11) is 1.85. The molecule has 0 aliphatic carbocycles. The van der Waals surface area contributed by atoms with Gasteiger partial charge in [0.05, 0.1) is 6.21 Å². The van der Waals surface area contributed by atoms with Gasteiger partial charge in [-0.25, -0.2) is 10.4 Å². The Morgan fingerprint density at radius 2 is 2.18 bits per heavy atom. The van der Waals surface area contributed by atoms with E-state index < -0.39 is 0 Å². The zero-order chi connectivity index (χ0) is 12.1. The number of imidazole rings is 1. The molecular formula is C11H11N5O. The Bertz CT molecular complexity index is 532. The number of rotatable bonds is 3. The number of aryl methyl sites for hydroxylation is 1. The van der Waals surface area contributed by atoms with Gasteiger partial charge in [-0.2, -0.15) is 5.10 Å². The van der Waals surface area contributed by atoms with Crippen molar-refractivity contribution in [1.82, 2.24) is 20.0 Å². The summed E-state index contributed by atoms with van der Waals surface area (Å²) in [5.74, 6) is 0.387. The first-order valence-corrected chi connectivity index (χ1v) is 4.98. The molecule has 0 aromatic carbocycles. The van der Waals surface area contributed by atoms with Crippen LogP contribution in [0.2, 0.25) is 0 Å². The summed E-state index contributed by atoms with van der Waals surface area (Å²) in [5, 5.41) is 3.82. The molecule has 2 aromatic heterocycles. The van der Waals surface area contributed by atoms with Crippen LogP contribution >= 0.6 is 0 Å². The fourth-order valence-corrected chi connectivity index (χ4v) is 1.22. The molecule has 0 atom stereocenters. The molecule has 2 heterocycles. The Labute approximate surface area is 98.0 Å². The van der Waals surface area contributed by atoms with Gasteiger partial charge in [0.25, 0.3) is 5.91 Å².